The lowest BCUT2D eigenvalue weighted by Crippen LogP contribution is -2.38. The van der Waals surface area contributed by atoms with Crippen LogP contribution in [0, 0.1) is 0 Å². The van der Waals surface area contributed by atoms with Gasteiger partial charge in [-0.3, -0.25) is 15.0 Å². The van der Waals surface area contributed by atoms with Crippen molar-refractivity contribution in [1.29, 1.82) is 0 Å². The Morgan fingerprint density at radius 3 is 2.15 bits per heavy atom. The quantitative estimate of drug-likeness (QED) is 0.294. The van der Waals surface area contributed by atoms with Crippen LogP contribution in [0.2, 0.25) is 0 Å². The van der Waals surface area contributed by atoms with Crippen LogP contribution in [0.1, 0.15) is 15.9 Å². The van der Waals surface area contributed by atoms with Crippen LogP contribution in [0.3, 0.4) is 0 Å². The first-order valence-electron chi connectivity index (χ1n) is 7.92. The van der Waals surface area contributed by atoms with E-state index in [0.29, 0.717) is 28.4 Å². The second-order valence-electron chi connectivity index (χ2n) is 5.33. The summed E-state index contributed by atoms with van der Waals surface area (Å²) in [6, 6.07) is 11.5. The van der Waals surface area contributed by atoms with E-state index in [2.05, 4.69) is 5.32 Å². The molecule has 0 fully saturated rings. The molecule has 0 bridgehead atoms. The van der Waals surface area contributed by atoms with Gasteiger partial charge in [0, 0.05) is 5.56 Å². The second-order valence-corrected chi connectivity index (χ2v) is 5.33. The zero-order valence-corrected chi connectivity index (χ0v) is 15.2. The number of amides is 2. The van der Waals surface area contributed by atoms with Crippen molar-refractivity contribution in [3.05, 3.63) is 59.3 Å². The summed E-state index contributed by atoms with van der Waals surface area (Å²) in [5.74, 6) is 5.76. The average molecular weight is 371 g/mol. The third-order valence-corrected chi connectivity index (χ3v) is 3.69. The van der Waals surface area contributed by atoms with Gasteiger partial charge in [-0.05, 0) is 48.0 Å². The second kappa shape index (κ2) is 9.25. The minimum atomic E-state index is -0.647. The lowest BCUT2D eigenvalue weighted by Gasteiger charge is -2.11. The van der Waals surface area contributed by atoms with Crippen molar-refractivity contribution in [3.63, 3.8) is 0 Å². The third-order valence-electron chi connectivity index (χ3n) is 3.69. The predicted molar refractivity (Wildman–Crippen MR) is 100 cm³/mol. The molecule has 0 atom stereocenters. The Hall–Kier alpha value is -3.52. The first-order chi connectivity index (χ1) is 13.0. The summed E-state index contributed by atoms with van der Waals surface area (Å²) in [6.07, 6.45) is 1.48. The van der Waals surface area contributed by atoms with E-state index in [1.165, 1.54) is 27.4 Å². The highest BCUT2D eigenvalue weighted by molar-refractivity contribution is 6.05. The SMILES string of the molecule is COc1ccc(C(=O)NC(=Cc2ccc(OC)c(OC)c2)C(=O)NN)cc1. The molecule has 0 heterocycles. The van der Waals surface area contributed by atoms with Gasteiger partial charge in [0.25, 0.3) is 11.8 Å². The molecule has 27 heavy (non-hydrogen) atoms. The number of carbonyl (C=O) groups is 2. The first kappa shape index (κ1) is 19.8. The molecule has 8 nitrogen and oxygen atoms in total. The smallest absolute Gasteiger partial charge is 0.281 e. The standard InChI is InChI=1S/C19H21N3O5/c1-25-14-7-5-13(6-8-14)18(23)21-15(19(24)22-20)10-12-4-9-16(26-2)17(11-12)27-3/h4-11H,20H2,1-3H3,(H,21,23)(H,22,24). The van der Waals surface area contributed by atoms with Crippen LogP contribution in [-0.2, 0) is 4.79 Å². The van der Waals surface area contributed by atoms with Crippen LogP contribution in [0.5, 0.6) is 17.2 Å². The van der Waals surface area contributed by atoms with Gasteiger partial charge in [-0.2, -0.15) is 0 Å². The summed E-state index contributed by atoms with van der Waals surface area (Å²) in [4.78, 5) is 24.5. The number of carbonyl (C=O) groups excluding carboxylic acids is 2. The molecule has 142 valence electrons. The van der Waals surface area contributed by atoms with E-state index in [4.69, 9.17) is 20.1 Å². The van der Waals surface area contributed by atoms with Gasteiger partial charge in [0.05, 0.1) is 21.3 Å². The molecule has 2 aromatic rings. The summed E-state index contributed by atoms with van der Waals surface area (Å²) in [6.45, 7) is 0. The van der Waals surface area contributed by atoms with Crippen molar-refractivity contribution in [2.75, 3.05) is 21.3 Å². The zero-order valence-electron chi connectivity index (χ0n) is 15.2. The molecule has 4 N–H and O–H groups in total. The Kier molecular flexibility index (Phi) is 6.79. The molecule has 0 spiro atoms. The van der Waals surface area contributed by atoms with Gasteiger partial charge < -0.3 is 19.5 Å². The molecule has 0 saturated heterocycles. The van der Waals surface area contributed by atoms with Gasteiger partial charge in [-0.1, -0.05) is 6.07 Å². The Morgan fingerprint density at radius 1 is 0.926 bits per heavy atom. The molecular weight excluding hydrogens is 350 g/mol. The van der Waals surface area contributed by atoms with E-state index in [0.717, 1.165) is 0 Å². The number of methoxy groups -OCH3 is 3. The molecule has 2 rings (SSSR count). The molecule has 0 saturated carbocycles. The van der Waals surface area contributed by atoms with E-state index < -0.39 is 11.8 Å². The van der Waals surface area contributed by atoms with Crippen LogP contribution in [0.25, 0.3) is 6.08 Å². The number of nitrogens with one attached hydrogen (secondary N) is 2. The Labute approximate surface area is 156 Å². The minimum Gasteiger partial charge on any atom is -0.497 e. The summed E-state index contributed by atoms with van der Waals surface area (Å²) in [7, 11) is 4.56. The third kappa shape index (κ3) is 4.99. The number of nitrogens with two attached hydrogens (primary N) is 1. The fraction of sp³-hybridized carbons (Fsp3) is 0.158. The van der Waals surface area contributed by atoms with Crippen LogP contribution in [0.15, 0.2) is 48.2 Å². The lowest BCUT2D eigenvalue weighted by atomic mass is 10.1. The Balaban J connectivity index is 2.30. The minimum absolute atomic E-state index is 0.0227. The Bertz CT molecular complexity index is 847. The average Bonchev–Trinajstić information content (AvgIpc) is 2.72. The van der Waals surface area contributed by atoms with E-state index in [-0.39, 0.29) is 5.70 Å². The molecule has 0 unspecified atom stereocenters. The molecule has 0 aliphatic rings. The molecular formula is C19H21N3O5. The predicted octanol–water partition coefficient (Wildman–Crippen LogP) is 1.47. The topological polar surface area (TPSA) is 112 Å². The van der Waals surface area contributed by atoms with Gasteiger partial charge in [0.15, 0.2) is 11.5 Å². The highest BCUT2D eigenvalue weighted by Gasteiger charge is 2.14. The fourth-order valence-electron chi connectivity index (χ4n) is 2.28. The van der Waals surface area contributed by atoms with Crippen molar-refractivity contribution < 1.29 is 23.8 Å². The summed E-state index contributed by atoms with van der Waals surface area (Å²) < 4.78 is 15.5. The lowest BCUT2D eigenvalue weighted by molar-refractivity contribution is -0.117. The number of benzene rings is 2. The Morgan fingerprint density at radius 2 is 1.59 bits per heavy atom. The van der Waals surface area contributed by atoms with Crippen molar-refractivity contribution in [2.24, 2.45) is 5.84 Å². The summed E-state index contributed by atoms with van der Waals surface area (Å²) >= 11 is 0. The number of rotatable bonds is 7. The number of hydrazine groups is 1. The molecule has 8 heteroatoms. The summed E-state index contributed by atoms with van der Waals surface area (Å²) in [5, 5.41) is 2.55. The maximum atomic E-state index is 12.4. The highest BCUT2D eigenvalue weighted by atomic mass is 16.5. The van der Waals surface area contributed by atoms with Gasteiger partial charge >= 0.3 is 0 Å². The van der Waals surface area contributed by atoms with E-state index >= 15 is 0 Å². The molecule has 0 aromatic heterocycles. The molecule has 0 radical (unpaired) electrons. The van der Waals surface area contributed by atoms with Crippen LogP contribution >= 0.6 is 0 Å². The fourth-order valence-corrected chi connectivity index (χ4v) is 2.28. The van der Waals surface area contributed by atoms with E-state index in [1.807, 2.05) is 5.43 Å². The maximum absolute atomic E-state index is 12.4. The molecule has 0 aliphatic heterocycles. The van der Waals surface area contributed by atoms with Gasteiger partial charge in [-0.25, -0.2) is 5.84 Å². The molecule has 2 aromatic carbocycles. The summed E-state index contributed by atoms with van der Waals surface area (Å²) in [5.41, 5.74) is 2.96. The van der Waals surface area contributed by atoms with Crippen molar-refractivity contribution in [3.8, 4) is 17.2 Å². The highest BCUT2D eigenvalue weighted by Crippen LogP contribution is 2.28. The maximum Gasteiger partial charge on any atom is 0.281 e. The van der Waals surface area contributed by atoms with Crippen molar-refractivity contribution in [2.45, 2.75) is 0 Å². The van der Waals surface area contributed by atoms with Gasteiger partial charge in [0.2, 0.25) is 0 Å². The largest absolute Gasteiger partial charge is 0.497 e. The van der Waals surface area contributed by atoms with E-state index in [9.17, 15) is 9.59 Å². The van der Waals surface area contributed by atoms with E-state index in [1.54, 1.807) is 42.5 Å². The first-order valence-corrected chi connectivity index (χ1v) is 7.92. The zero-order chi connectivity index (χ0) is 19.8. The van der Waals surface area contributed by atoms with Crippen LogP contribution in [-0.4, -0.2) is 33.1 Å². The normalized spacial score (nSPS) is 10.7. The molecule has 0 aliphatic carbocycles. The van der Waals surface area contributed by atoms with Crippen molar-refractivity contribution in [1.82, 2.24) is 10.7 Å². The monoisotopic (exact) mass is 371 g/mol. The number of hydrogen-bond acceptors (Lipinski definition) is 6. The van der Waals surface area contributed by atoms with Crippen LogP contribution in [0.4, 0.5) is 0 Å². The van der Waals surface area contributed by atoms with Gasteiger partial charge in [-0.15, -0.1) is 0 Å². The van der Waals surface area contributed by atoms with Crippen LogP contribution < -0.4 is 30.8 Å². The molecule has 2 amide bonds. The number of ether oxygens (including phenoxy) is 3. The number of hydrogen-bond donors (Lipinski definition) is 3. The van der Waals surface area contributed by atoms with Crippen molar-refractivity contribution >= 4 is 17.9 Å². The van der Waals surface area contributed by atoms with Gasteiger partial charge in [0.1, 0.15) is 11.4 Å².